The lowest BCUT2D eigenvalue weighted by atomic mass is 9.94. The summed E-state index contributed by atoms with van der Waals surface area (Å²) in [7, 11) is 0. The van der Waals surface area contributed by atoms with Crippen LogP contribution in [0.2, 0.25) is 0 Å². The highest BCUT2D eigenvalue weighted by atomic mass is 16.8. The monoisotopic (exact) mass is 855 g/mol. The molecule has 0 saturated carbocycles. The van der Waals surface area contributed by atoms with Gasteiger partial charge in [0.25, 0.3) is 0 Å². The summed E-state index contributed by atoms with van der Waals surface area (Å²) in [5, 5.41) is 169. The van der Waals surface area contributed by atoms with Crippen LogP contribution in [-0.2, 0) is 42.7 Å². The van der Waals surface area contributed by atoms with Crippen LogP contribution in [0.25, 0.3) is 0 Å². The molecule has 0 aromatic heterocycles. The lowest BCUT2D eigenvalue weighted by molar-refractivity contribution is -0.376. The Morgan fingerprint density at radius 1 is 0.534 bits per heavy atom. The molecule has 26 heteroatoms. The molecular weight excluding hydrogens is 798 g/mol. The molecular formula is C32H57NO25. The van der Waals surface area contributed by atoms with Crippen molar-refractivity contribution in [1.29, 1.82) is 0 Å². The SMILES string of the molecule is CC(=O)N[C@H]1[C@H](O[C@H]2[C@@H](O)[C@@H](CO)O[C@@H](O[C@@H]([C@H](O[C@@H]3O[C@@H](C)[C@@H](O)[C@@H](O)[C@@H]3O)[C@@H](O)CO)[C@H](O)CO)[C@@H]2O)O[C@H](CO)[C@@H](O)[C@@H]1O[C@@H]1O[C@H](CO)[C@H](O)[C@H](O)[C@H]1O. The number of aliphatic hydroxyl groups excluding tert-OH is 16. The summed E-state index contributed by atoms with van der Waals surface area (Å²) in [6.07, 6.45) is -43.0. The number of nitrogens with one attached hydrogen (secondary N) is 1. The topological polar surface area (TPSA) is 427 Å². The molecule has 26 nitrogen and oxygen atoms in total. The molecule has 0 unspecified atom stereocenters. The molecule has 24 atom stereocenters. The molecule has 4 heterocycles. The number of carbonyl (C=O) groups excluding carboxylic acids is 1. The second-order valence-corrected chi connectivity index (χ2v) is 14.4. The Bertz CT molecular complexity index is 1260. The van der Waals surface area contributed by atoms with Gasteiger partial charge in [-0.1, -0.05) is 0 Å². The van der Waals surface area contributed by atoms with Crippen LogP contribution in [0.1, 0.15) is 13.8 Å². The van der Waals surface area contributed by atoms with E-state index in [-0.39, 0.29) is 0 Å². The predicted molar refractivity (Wildman–Crippen MR) is 179 cm³/mol. The number of ether oxygens (including phenoxy) is 8. The summed E-state index contributed by atoms with van der Waals surface area (Å²) in [6, 6.07) is -1.70. The van der Waals surface area contributed by atoms with Crippen molar-refractivity contribution < 1.29 is 124 Å². The largest absolute Gasteiger partial charge is 0.394 e. The van der Waals surface area contributed by atoms with E-state index < -0.39 is 186 Å². The first-order valence-corrected chi connectivity index (χ1v) is 18.4. The van der Waals surface area contributed by atoms with Crippen molar-refractivity contribution in [2.24, 2.45) is 0 Å². The molecule has 4 saturated heterocycles. The quantitative estimate of drug-likeness (QED) is 0.0646. The maximum atomic E-state index is 12.4. The fourth-order valence-corrected chi connectivity index (χ4v) is 6.97. The minimum atomic E-state index is -2.22. The molecule has 4 aliphatic rings. The normalized spacial score (nSPS) is 45.9. The summed E-state index contributed by atoms with van der Waals surface area (Å²) in [5.41, 5.74) is 0. The summed E-state index contributed by atoms with van der Waals surface area (Å²) >= 11 is 0. The maximum Gasteiger partial charge on any atom is 0.217 e. The Balaban J connectivity index is 1.65. The number of aliphatic hydroxyl groups is 16. The lowest BCUT2D eigenvalue weighted by Crippen LogP contribution is -2.70. The Labute approximate surface area is 329 Å². The highest BCUT2D eigenvalue weighted by molar-refractivity contribution is 5.73. The van der Waals surface area contributed by atoms with Crippen LogP contribution in [0.5, 0.6) is 0 Å². The molecule has 0 aliphatic carbocycles. The van der Waals surface area contributed by atoms with Gasteiger partial charge in [-0.05, 0) is 6.92 Å². The number of hydrogen-bond donors (Lipinski definition) is 17. The van der Waals surface area contributed by atoms with Crippen molar-refractivity contribution in [2.75, 3.05) is 33.0 Å². The third-order valence-corrected chi connectivity index (χ3v) is 10.3. The van der Waals surface area contributed by atoms with Crippen LogP contribution in [0.4, 0.5) is 0 Å². The molecule has 17 N–H and O–H groups in total. The average Bonchev–Trinajstić information content (AvgIpc) is 3.20. The zero-order valence-electron chi connectivity index (χ0n) is 31.2. The van der Waals surface area contributed by atoms with Crippen molar-refractivity contribution in [3.63, 3.8) is 0 Å². The molecule has 4 fully saturated rings. The molecule has 0 spiro atoms. The smallest absolute Gasteiger partial charge is 0.217 e. The molecule has 340 valence electrons. The van der Waals surface area contributed by atoms with Gasteiger partial charge in [0.2, 0.25) is 5.91 Å². The standard InChI is InChI=1S/C32H57NO25/c1-8-16(42)20(46)22(48)30(51-8)55-25(10(40)3-34)26(11(41)4-35)56-32-24(50)28(19(45)14(7-38)54-32)58-29-15(33-9(2)39)27(18(44)13(6-37)52-29)57-31-23(49)21(47)17(43)12(5-36)53-31/h8,10-32,34-38,40-50H,3-7H2,1-2H3,(H,33,39)/t8-,10-,11+,12+,13+,14+,15+,16+,17-,18+,19-,20+,21-,22-,23+,24+,25+,26+,27+,28-,29-,30-,31-,32-/m0/s1. The zero-order chi connectivity index (χ0) is 43.3. The fourth-order valence-electron chi connectivity index (χ4n) is 6.97. The van der Waals surface area contributed by atoms with Crippen molar-refractivity contribution in [3.8, 4) is 0 Å². The Kier molecular flexibility index (Phi) is 18.3. The van der Waals surface area contributed by atoms with Crippen LogP contribution >= 0.6 is 0 Å². The summed E-state index contributed by atoms with van der Waals surface area (Å²) in [4.78, 5) is 12.4. The van der Waals surface area contributed by atoms with Crippen molar-refractivity contribution >= 4 is 5.91 Å². The van der Waals surface area contributed by atoms with Gasteiger partial charge in [0.1, 0.15) is 116 Å². The van der Waals surface area contributed by atoms with Crippen molar-refractivity contribution in [2.45, 2.75) is 161 Å². The maximum absolute atomic E-state index is 12.4. The van der Waals surface area contributed by atoms with Crippen LogP contribution in [-0.4, -0.2) is 268 Å². The molecule has 4 aliphatic heterocycles. The molecule has 0 radical (unpaired) electrons. The van der Waals surface area contributed by atoms with Gasteiger partial charge < -0.3 is 125 Å². The van der Waals surface area contributed by atoms with E-state index in [4.69, 9.17) is 37.9 Å². The van der Waals surface area contributed by atoms with Gasteiger partial charge in [-0.2, -0.15) is 0 Å². The highest BCUT2D eigenvalue weighted by Crippen LogP contribution is 2.34. The second kappa shape index (κ2) is 21.5. The van der Waals surface area contributed by atoms with Gasteiger partial charge in [0.15, 0.2) is 25.2 Å². The number of rotatable bonds is 17. The molecule has 4 rings (SSSR count). The lowest BCUT2D eigenvalue weighted by Gasteiger charge is -2.50. The molecule has 1 amide bonds. The van der Waals surface area contributed by atoms with E-state index in [1.807, 2.05) is 0 Å². The van der Waals surface area contributed by atoms with Gasteiger partial charge in [0, 0.05) is 6.92 Å². The van der Waals surface area contributed by atoms with E-state index in [9.17, 15) is 86.5 Å². The summed E-state index contributed by atoms with van der Waals surface area (Å²) in [6.45, 7) is -2.77. The van der Waals surface area contributed by atoms with Crippen LogP contribution in [0.3, 0.4) is 0 Å². The number of hydrogen-bond acceptors (Lipinski definition) is 25. The van der Waals surface area contributed by atoms with Gasteiger partial charge in [-0.3, -0.25) is 4.79 Å². The van der Waals surface area contributed by atoms with Crippen molar-refractivity contribution in [1.82, 2.24) is 5.32 Å². The van der Waals surface area contributed by atoms with Crippen LogP contribution < -0.4 is 5.32 Å². The summed E-state index contributed by atoms with van der Waals surface area (Å²) in [5.74, 6) is -0.820. The van der Waals surface area contributed by atoms with E-state index in [1.54, 1.807) is 0 Å². The van der Waals surface area contributed by atoms with Crippen molar-refractivity contribution in [3.05, 3.63) is 0 Å². The first kappa shape index (κ1) is 49.2. The first-order chi connectivity index (χ1) is 27.3. The molecule has 58 heavy (non-hydrogen) atoms. The van der Waals surface area contributed by atoms with Gasteiger partial charge in [-0.15, -0.1) is 0 Å². The Hall–Kier alpha value is -1.49. The Morgan fingerprint density at radius 3 is 1.45 bits per heavy atom. The fraction of sp³-hybridized carbons (Fsp3) is 0.969. The van der Waals surface area contributed by atoms with Gasteiger partial charge in [0.05, 0.1) is 39.1 Å². The van der Waals surface area contributed by atoms with Crippen LogP contribution in [0, 0.1) is 0 Å². The number of carbonyl (C=O) groups is 1. The molecule has 0 aromatic carbocycles. The Morgan fingerprint density at radius 2 is 0.948 bits per heavy atom. The zero-order valence-corrected chi connectivity index (χ0v) is 31.2. The predicted octanol–water partition coefficient (Wildman–Crippen LogP) is -11.1. The third-order valence-electron chi connectivity index (χ3n) is 10.3. The first-order valence-electron chi connectivity index (χ1n) is 18.4. The minimum Gasteiger partial charge on any atom is -0.394 e. The van der Waals surface area contributed by atoms with E-state index in [2.05, 4.69) is 5.32 Å². The minimum absolute atomic E-state index is 0.820. The molecule has 0 bridgehead atoms. The summed E-state index contributed by atoms with van der Waals surface area (Å²) < 4.78 is 45.0. The second-order valence-electron chi connectivity index (χ2n) is 14.4. The van der Waals surface area contributed by atoms with E-state index >= 15 is 0 Å². The van der Waals surface area contributed by atoms with E-state index in [0.717, 1.165) is 6.92 Å². The van der Waals surface area contributed by atoms with Gasteiger partial charge >= 0.3 is 0 Å². The molecule has 0 aromatic rings. The van der Waals surface area contributed by atoms with E-state index in [0.29, 0.717) is 0 Å². The van der Waals surface area contributed by atoms with Crippen LogP contribution in [0.15, 0.2) is 0 Å². The average molecular weight is 856 g/mol. The third kappa shape index (κ3) is 10.7. The van der Waals surface area contributed by atoms with Gasteiger partial charge in [-0.25, -0.2) is 0 Å². The number of amides is 1. The van der Waals surface area contributed by atoms with E-state index in [1.165, 1.54) is 6.92 Å². The highest BCUT2D eigenvalue weighted by Gasteiger charge is 2.55.